The number of amides is 1. The number of ether oxygens (including phenoxy) is 2. The Kier molecular flexibility index (Phi) is 7.22. The molecule has 1 amide bonds. The molecule has 0 radical (unpaired) electrons. The molecule has 178 valence electrons. The number of nitrogens with one attached hydrogen (secondary N) is 1. The molecule has 0 aliphatic heterocycles. The number of thiophene rings is 1. The topological polar surface area (TPSA) is 63.2 Å². The lowest BCUT2D eigenvalue weighted by Crippen LogP contribution is -2.17. The molecule has 6 nitrogen and oxygen atoms in total. The van der Waals surface area contributed by atoms with Crippen LogP contribution in [0.1, 0.15) is 39.7 Å². The van der Waals surface area contributed by atoms with Crippen molar-refractivity contribution in [2.45, 2.75) is 26.2 Å². The van der Waals surface area contributed by atoms with E-state index in [-0.39, 0.29) is 5.91 Å². The summed E-state index contributed by atoms with van der Waals surface area (Å²) in [5.74, 6) is 1.76. The molecule has 34 heavy (non-hydrogen) atoms. The average molecular weight is 478 g/mol. The van der Waals surface area contributed by atoms with Gasteiger partial charge in [-0.05, 0) is 67.1 Å². The van der Waals surface area contributed by atoms with E-state index in [2.05, 4.69) is 12.2 Å². The van der Waals surface area contributed by atoms with E-state index in [0.29, 0.717) is 23.0 Å². The van der Waals surface area contributed by atoms with E-state index in [1.54, 1.807) is 31.8 Å². The molecular formula is C27H31N3O3S. The van der Waals surface area contributed by atoms with Gasteiger partial charge in [-0.15, -0.1) is 11.3 Å². The summed E-state index contributed by atoms with van der Waals surface area (Å²) < 4.78 is 10.9. The lowest BCUT2D eigenvalue weighted by atomic mass is 9.88. The molecule has 3 aromatic rings. The fraction of sp³-hybridized carbons (Fsp3) is 0.333. The summed E-state index contributed by atoms with van der Waals surface area (Å²) in [5, 5.41) is 3.81. The molecule has 0 saturated heterocycles. The fourth-order valence-electron chi connectivity index (χ4n) is 4.24. The molecule has 0 fully saturated rings. The number of methoxy groups -OCH3 is 2. The normalized spacial score (nSPS) is 15.1. The summed E-state index contributed by atoms with van der Waals surface area (Å²) >= 11 is 1.62. The second kappa shape index (κ2) is 10.3. The highest BCUT2D eigenvalue weighted by Crippen LogP contribution is 2.42. The third kappa shape index (κ3) is 4.94. The molecule has 1 heterocycles. The number of carbonyl (C=O) groups is 1. The molecule has 2 aromatic carbocycles. The Morgan fingerprint density at radius 1 is 1.15 bits per heavy atom. The zero-order valence-electron chi connectivity index (χ0n) is 20.3. The van der Waals surface area contributed by atoms with Gasteiger partial charge in [-0.3, -0.25) is 4.79 Å². The maximum Gasteiger partial charge on any atom is 0.259 e. The Hall–Kier alpha value is -3.32. The van der Waals surface area contributed by atoms with Crippen LogP contribution in [0.5, 0.6) is 11.5 Å². The summed E-state index contributed by atoms with van der Waals surface area (Å²) in [6.07, 6.45) is 4.71. The van der Waals surface area contributed by atoms with Gasteiger partial charge in [0.25, 0.3) is 5.91 Å². The molecular weight excluding hydrogens is 446 g/mol. The number of nitrogens with zero attached hydrogens (tertiary/aromatic N) is 2. The fourth-order valence-corrected chi connectivity index (χ4v) is 5.59. The van der Waals surface area contributed by atoms with Crippen LogP contribution in [-0.4, -0.2) is 40.4 Å². The first-order chi connectivity index (χ1) is 16.4. The van der Waals surface area contributed by atoms with E-state index < -0.39 is 0 Å². The first-order valence-corrected chi connectivity index (χ1v) is 12.2. The molecule has 1 aromatic heterocycles. The molecule has 1 N–H and O–H groups in total. The van der Waals surface area contributed by atoms with Crippen molar-refractivity contribution >= 4 is 39.8 Å². The van der Waals surface area contributed by atoms with Gasteiger partial charge in [0.05, 0.1) is 19.8 Å². The lowest BCUT2D eigenvalue weighted by Gasteiger charge is -2.18. The number of carbonyl (C=O) groups excluding carboxylic acids is 1. The second-order valence-corrected chi connectivity index (χ2v) is 9.85. The molecule has 1 unspecified atom stereocenters. The van der Waals surface area contributed by atoms with E-state index in [9.17, 15) is 4.79 Å². The van der Waals surface area contributed by atoms with Crippen molar-refractivity contribution in [1.29, 1.82) is 0 Å². The molecule has 1 aliphatic rings. The van der Waals surface area contributed by atoms with Crippen molar-refractivity contribution in [3.05, 3.63) is 64.0 Å². The van der Waals surface area contributed by atoms with Gasteiger partial charge in [-0.25, -0.2) is 4.99 Å². The van der Waals surface area contributed by atoms with Crippen molar-refractivity contribution in [2.75, 3.05) is 38.5 Å². The van der Waals surface area contributed by atoms with Gasteiger partial charge in [0, 0.05) is 42.1 Å². The maximum atomic E-state index is 13.5. The van der Waals surface area contributed by atoms with Gasteiger partial charge >= 0.3 is 0 Å². The largest absolute Gasteiger partial charge is 0.493 e. The number of aliphatic imine (C=N–C) groups is 1. The van der Waals surface area contributed by atoms with Crippen LogP contribution in [0, 0.1) is 5.92 Å². The summed E-state index contributed by atoms with van der Waals surface area (Å²) in [7, 11) is 7.21. The van der Waals surface area contributed by atoms with E-state index in [4.69, 9.17) is 14.5 Å². The summed E-state index contributed by atoms with van der Waals surface area (Å²) in [5.41, 5.74) is 4.46. The zero-order chi connectivity index (χ0) is 24.2. The molecule has 0 spiro atoms. The van der Waals surface area contributed by atoms with Crippen molar-refractivity contribution in [2.24, 2.45) is 10.9 Å². The van der Waals surface area contributed by atoms with Gasteiger partial charge in [0.1, 0.15) is 5.00 Å². The number of benzene rings is 2. The first-order valence-electron chi connectivity index (χ1n) is 11.4. The van der Waals surface area contributed by atoms with Crippen LogP contribution in [0.25, 0.3) is 0 Å². The molecule has 7 heteroatoms. The molecule has 0 saturated carbocycles. The average Bonchev–Trinajstić information content (AvgIpc) is 3.20. The van der Waals surface area contributed by atoms with Crippen molar-refractivity contribution in [3.63, 3.8) is 0 Å². The summed E-state index contributed by atoms with van der Waals surface area (Å²) in [6.45, 7) is 2.26. The Bertz CT molecular complexity index is 1200. The van der Waals surface area contributed by atoms with Gasteiger partial charge in [0.15, 0.2) is 11.5 Å². The number of fused-ring (bicyclic) bond motifs is 1. The standard InChI is InChI=1S/C27H31N3O3S/c1-17-9-14-21-23(15-17)34-27(28-16-18-7-6-8-22(32-4)25(18)33-5)24(21)26(31)29-19-10-12-20(13-11-19)30(2)3/h6-8,10-13,16-17H,9,14-15H2,1-5H3,(H,29,31). The third-order valence-corrected chi connectivity index (χ3v) is 7.28. The molecule has 0 bridgehead atoms. The maximum absolute atomic E-state index is 13.5. The van der Waals surface area contributed by atoms with Crippen molar-refractivity contribution in [3.8, 4) is 11.5 Å². The molecule has 1 atom stereocenters. The lowest BCUT2D eigenvalue weighted by molar-refractivity contribution is 0.102. The Morgan fingerprint density at radius 2 is 1.91 bits per heavy atom. The Balaban J connectivity index is 1.68. The third-order valence-electron chi connectivity index (χ3n) is 6.12. The predicted octanol–water partition coefficient (Wildman–Crippen LogP) is 5.96. The number of hydrogen-bond donors (Lipinski definition) is 1. The van der Waals surface area contributed by atoms with Crippen LogP contribution in [0.3, 0.4) is 0 Å². The van der Waals surface area contributed by atoms with Crippen LogP contribution in [0.15, 0.2) is 47.5 Å². The molecule has 1 aliphatic carbocycles. The van der Waals surface area contributed by atoms with Crippen LogP contribution >= 0.6 is 11.3 Å². The summed E-state index contributed by atoms with van der Waals surface area (Å²) in [4.78, 5) is 21.5. The Labute approximate surface area is 205 Å². The number of hydrogen-bond acceptors (Lipinski definition) is 6. The van der Waals surface area contributed by atoms with Gasteiger partial charge < -0.3 is 19.7 Å². The predicted molar refractivity (Wildman–Crippen MR) is 141 cm³/mol. The van der Waals surface area contributed by atoms with Crippen LogP contribution < -0.4 is 19.7 Å². The summed E-state index contributed by atoms with van der Waals surface area (Å²) in [6, 6.07) is 13.5. The highest BCUT2D eigenvalue weighted by molar-refractivity contribution is 7.16. The van der Waals surface area contributed by atoms with Crippen LogP contribution in [0.2, 0.25) is 0 Å². The minimum absolute atomic E-state index is 0.116. The van der Waals surface area contributed by atoms with Crippen molar-refractivity contribution < 1.29 is 14.3 Å². The highest BCUT2D eigenvalue weighted by Gasteiger charge is 2.27. The highest BCUT2D eigenvalue weighted by atomic mass is 32.1. The van der Waals surface area contributed by atoms with E-state index >= 15 is 0 Å². The quantitative estimate of drug-likeness (QED) is 0.427. The van der Waals surface area contributed by atoms with E-state index in [0.717, 1.165) is 46.8 Å². The second-order valence-electron chi connectivity index (χ2n) is 8.77. The van der Waals surface area contributed by atoms with Gasteiger partial charge in [0.2, 0.25) is 0 Å². The first kappa shape index (κ1) is 23.8. The van der Waals surface area contributed by atoms with Gasteiger partial charge in [-0.2, -0.15) is 0 Å². The monoisotopic (exact) mass is 477 g/mol. The number of para-hydroxylation sites is 1. The molecule has 4 rings (SSSR count). The Morgan fingerprint density at radius 3 is 2.59 bits per heavy atom. The van der Waals surface area contributed by atoms with E-state index in [1.807, 2.05) is 61.5 Å². The number of rotatable bonds is 7. The van der Waals surface area contributed by atoms with E-state index in [1.165, 1.54) is 4.88 Å². The minimum atomic E-state index is -0.116. The van der Waals surface area contributed by atoms with Gasteiger partial charge in [-0.1, -0.05) is 13.0 Å². The minimum Gasteiger partial charge on any atom is -0.493 e. The smallest absolute Gasteiger partial charge is 0.259 e. The van der Waals surface area contributed by atoms with Crippen LogP contribution in [0.4, 0.5) is 16.4 Å². The van der Waals surface area contributed by atoms with Crippen LogP contribution in [-0.2, 0) is 12.8 Å². The van der Waals surface area contributed by atoms with Crippen molar-refractivity contribution in [1.82, 2.24) is 0 Å². The zero-order valence-corrected chi connectivity index (χ0v) is 21.2. The number of anilines is 2. The SMILES string of the molecule is COc1cccc(C=Nc2sc3c(c2C(=O)Nc2ccc(N(C)C)cc2)CCC(C)C3)c1OC.